The summed E-state index contributed by atoms with van der Waals surface area (Å²) in [7, 11) is 0. The van der Waals surface area contributed by atoms with Crippen molar-refractivity contribution in [2.45, 2.75) is 51.9 Å². The van der Waals surface area contributed by atoms with Gasteiger partial charge in [-0.2, -0.15) is 0 Å². The van der Waals surface area contributed by atoms with Crippen LogP contribution in [-0.4, -0.2) is 16.9 Å². The smallest absolute Gasteiger partial charge is 0.311 e. The quantitative estimate of drug-likeness (QED) is 0.230. The van der Waals surface area contributed by atoms with Gasteiger partial charge in [0.1, 0.15) is 0 Å². The molecular weight excluding hydrogens is 334 g/mol. The lowest BCUT2D eigenvalue weighted by atomic mass is 10.1. The largest absolute Gasteiger partial charge is 0.487 e. The van der Waals surface area contributed by atoms with Crippen LogP contribution in [0.5, 0.6) is 5.75 Å². The van der Waals surface area contributed by atoms with Crippen molar-refractivity contribution in [2.75, 3.05) is 11.9 Å². The van der Waals surface area contributed by atoms with Crippen LogP contribution in [0.4, 0.5) is 5.69 Å². The van der Waals surface area contributed by atoms with Gasteiger partial charge in [0, 0.05) is 11.4 Å². The number of nitro benzene ring substituents is 1. The average Bonchev–Trinajstić information content (AvgIpc) is 2.46. The van der Waals surface area contributed by atoms with Crippen LogP contribution in [0.15, 0.2) is 18.2 Å². The first kappa shape index (κ1) is 18.0. The Morgan fingerprint density at radius 1 is 1.10 bits per heavy atom. The molecule has 0 aromatic heterocycles. The first-order valence-corrected chi connectivity index (χ1v) is 8.71. The average molecular weight is 358 g/mol. The molecular formula is C16H24BrNO3. The molecule has 0 unspecified atom stereocenters. The van der Waals surface area contributed by atoms with Gasteiger partial charge < -0.3 is 4.74 Å². The molecule has 0 aliphatic rings. The zero-order chi connectivity index (χ0) is 15.5. The van der Waals surface area contributed by atoms with Gasteiger partial charge in [-0.05, 0) is 31.4 Å². The van der Waals surface area contributed by atoms with E-state index in [0.29, 0.717) is 12.4 Å². The third-order valence-corrected chi connectivity index (χ3v) is 3.91. The third kappa shape index (κ3) is 7.46. The Morgan fingerprint density at radius 2 is 1.71 bits per heavy atom. The molecule has 1 aromatic rings. The number of unbranched alkanes of at least 4 members (excludes halogenated alkanes) is 6. The number of hydrogen-bond acceptors (Lipinski definition) is 3. The fourth-order valence-corrected chi connectivity index (χ4v) is 2.55. The monoisotopic (exact) mass is 357 g/mol. The van der Waals surface area contributed by atoms with E-state index in [9.17, 15) is 10.1 Å². The molecule has 0 N–H and O–H groups in total. The zero-order valence-corrected chi connectivity index (χ0v) is 14.2. The lowest BCUT2D eigenvalue weighted by molar-refractivity contribution is -0.385. The minimum absolute atomic E-state index is 0.0600. The lowest BCUT2D eigenvalue weighted by Gasteiger charge is -2.07. The van der Waals surface area contributed by atoms with Crippen molar-refractivity contribution >= 4 is 21.6 Å². The molecule has 0 saturated carbocycles. The molecule has 5 heteroatoms. The third-order valence-electron chi connectivity index (χ3n) is 3.35. The first-order chi connectivity index (χ1) is 10.1. The first-order valence-electron chi connectivity index (χ1n) is 7.59. The van der Waals surface area contributed by atoms with Gasteiger partial charge in [-0.25, -0.2) is 0 Å². The second-order valence-electron chi connectivity index (χ2n) is 5.24. The van der Waals surface area contributed by atoms with E-state index in [0.717, 1.165) is 23.7 Å². The van der Waals surface area contributed by atoms with E-state index in [1.807, 2.05) is 13.0 Å². The normalized spacial score (nSPS) is 10.6. The van der Waals surface area contributed by atoms with E-state index in [1.54, 1.807) is 12.1 Å². The molecule has 4 nitrogen and oxygen atoms in total. The maximum Gasteiger partial charge on any atom is 0.311 e. The molecule has 0 bridgehead atoms. The van der Waals surface area contributed by atoms with Gasteiger partial charge in [-0.1, -0.05) is 54.1 Å². The van der Waals surface area contributed by atoms with Crippen LogP contribution in [0.25, 0.3) is 0 Å². The number of halogens is 1. The van der Waals surface area contributed by atoms with Gasteiger partial charge in [0.15, 0.2) is 5.75 Å². The molecule has 1 rings (SSSR count). The number of hydrogen-bond donors (Lipinski definition) is 0. The molecule has 0 fully saturated rings. The summed E-state index contributed by atoms with van der Waals surface area (Å²) in [6.45, 7) is 2.39. The fourth-order valence-electron chi connectivity index (χ4n) is 2.15. The number of nitrogens with zero attached hydrogens (tertiary/aromatic N) is 1. The molecule has 0 aliphatic carbocycles. The number of nitro groups is 1. The minimum Gasteiger partial charge on any atom is -0.487 e. The summed E-state index contributed by atoms with van der Waals surface area (Å²) in [6, 6.07) is 5.08. The van der Waals surface area contributed by atoms with Gasteiger partial charge >= 0.3 is 5.69 Å². The van der Waals surface area contributed by atoms with Crippen molar-refractivity contribution < 1.29 is 9.66 Å². The second kappa shape index (κ2) is 10.6. The zero-order valence-electron chi connectivity index (χ0n) is 12.6. The van der Waals surface area contributed by atoms with Crippen molar-refractivity contribution in [3.63, 3.8) is 0 Å². The highest BCUT2D eigenvalue weighted by molar-refractivity contribution is 9.09. The number of ether oxygens (including phenoxy) is 1. The Bertz CT molecular complexity index is 438. The molecule has 118 valence electrons. The molecule has 0 aliphatic heterocycles. The maximum absolute atomic E-state index is 11.0. The van der Waals surface area contributed by atoms with E-state index in [4.69, 9.17) is 4.74 Å². The molecule has 0 heterocycles. The Kier molecular flexibility index (Phi) is 9.06. The van der Waals surface area contributed by atoms with Gasteiger partial charge in [0.2, 0.25) is 0 Å². The van der Waals surface area contributed by atoms with Gasteiger partial charge in [-0.3, -0.25) is 10.1 Å². The van der Waals surface area contributed by atoms with Crippen molar-refractivity contribution in [1.82, 2.24) is 0 Å². The van der Waals surface area contributed by atoms with Crippen LogP contribution in [0, 0.1) is 17.0 Å². The molecule has 0 amide bonds. The van der Waals surface area contributed by atoms with Crippen molar-refractivity contribution in [3.05, 3.63) is 33.9 Å². The molecule has 0 spiro atoms. The maximum atomic E-state index is 11.0. The van der Waals surface area contributed by atoms with Crippen molar-refractivity contribution in [2.24, 2.45) is 0 Å². The Labute approximate surface area is 135 Å². The fraction of sp³-hybridized carbons (Fsp3) is 0.625. The molecule has 0 saturated heterocycles. The van der Waals surface area contributed by atoms with Crippen LogP contribution < -0.4 is 4.74 Å². The van der Waals surface area contributed by atoms with E-state index in [1.165, 1.54) is 32.1 Å². The van der Waals surface area contributed by atoms with E-state index in [2.05, 4.69) is 15.9 Å². The van der Waals surface area contributed by atoms with E-state index in [-0.39, 0.29) is 10.6 Å². The van der Waals surface area contributed by atoms with Crippen LogP contribution in [0.2, 0.25) is 0 Å². The summed E-state index contributed by atoms with van der Waals surface area (Å²) in [5, 5.41) is 12.0. The molecule has 0 radical (unpaired) electrons. The highest BCUT2D eigenvalue weighted by atomic mass is 79.9. The van der Waals surface area contributed by atoms with Crippen LogP contribution in [-0.2, 0) is 0 Å². The van der Waals surface area contributed by atoms with Crippen molar-refractivity contribution in [1.29, 1.82) is 0 Å². The lowest BCUT2D eigenvalue weighted by Crippen LogP contribution is -2.01. The minimum atomic E-state index is -0.383. The summed E-state index contributed by atoms with van der Waals surface area (Å²) < 4.78 is 5.55. The Balaban J connectivity index is 2.20. The van der Waals surface area contributed by atoms with Gasteiger partial charge in [-0.15, -0.1) is 0 Å². The van der Waals surface area contributed by atoms with Crippen LogP contribution >= 0.6 is 15.9 Å². The number of aryl methyl sites for hydroxylation is 1. The van der Waals surface area contributed by atoms with E-state index < -0.39 is 0 Å². The standard InChI is InChI=1S/C16H24BrNO3/c1-14-9-10-16(15(13-14)18(19)20)21-12-8-6-4-2-3-5-7-11-17/h9-10,13H,2-8,11-12H2,1H3. The summed E-state index contributed by atoms with van der Waals surface area (Å²) in [6.07, 6.45) is 8.37. The second-order valence-corrected chi connectivity index (χ2v) is 6.03. The summed E-state index contributed by atoms with van der Waals surface area (Å²) >= 11 is 3.43. The van der Waals surface area contributed by atoms with Gasteiger partial charge in [0.25, 0.3) is 0 Å². The highest BCUT2D eigenvalue weighted by Gasteiger charge is 2.14. The topological polar surface area (TPSA) is 52.4 Å². The van der Waals surface area contributed by atoms with Gasteiger partial charge in [0.05, 0.1) is 11.5 Å². The molecule has 0 atom stereocenters. The number of alkyl halides is 1. The summed E-state index contributed by atoms with van der Waals surface area (Å²) in [5.74, 6) is 0.378. The number of benzene rings is 1. The Hall–Kier alpha value is -1.10. The SMILES string of the molecule is Cc1ccc(OCCCCCCCCCBr)c([N+](=O)[O-])c1. The van der Waals surface area contributed by atoms with Crippen molar-refractivity contribution in [3.8, 4) is 5.75 Å². The molecule has 1 aromatic carbocycles. The van der Waals surface area contributed by atoms with Crippen LogP contribution in [0.3, 0.4) is 0 Å². The summed E-state index contributed by atoms with van der Waals surface area (Å²) in [4.78, 5) is 10.6. The van der Waals surface area contributed by atoms with Crippen LogP contribution in [0.1, 0.15) is 50.5 Å². The predicted octanol–water partition coefficient (Wildman–Crippen LogP) is 5.41. The number of rotatable bonds is 11. The Morgan fingerprint density at radius 3 is 2.33 bits per heavy atom. The summed E-state index contributed by atoms with van der Waals surface area (Å²) in [5.41, 5.74) is 0.933. The van der Waals surface area contributed by atoms with E-state index >= 15 is 0 Å². The predicted molar refractivity (Wildman–Crippen MR) is 89.4 cm³/mol. The highest BCUT2D eigenvalue weighted by Crippen LogP contribution is 2.27. The molecule has 21 heavy (non-hydrogen) atoms.